The Morgan fingerprint density at radius 3 is 2.36 bits per heavy atom. The van der Waals surface area contributed by atoms with Gasteiger partial charge in [0, 0.05) is 61.4 Å². The molecule has 1 aromatic heterocycles. The van der Waals surface area contributed by atoms with Crippen molar-refractivity contribution in [2.45, 2.75) is 25.7 Å². The third kappa shape index (κ3) is 4.95. The van der Waals surface area contributed by atoms with Gasteiger partial charge in [0.2, 0.25) is 5.91 Å². The number of rotatable bonds is 6. The van der Waals surface area contributed by atoms with Crippen LogP contribution in [0.5, 0.6) is 11.5 Å². The van der Waals surface area contributed by atoms with Crippen molar-refractivity contribution in [2.75, 3.05) is 67.1 Å². The number of benzene rings is 2. The summed E-state index contributed by atoms with van der Waals surface area (Å²) in [5.41, 5.74) is 5.93. The zero-order chi connectivity index (χ0) is 25.2. The normalized spacial score (nSPS) is 18.1. The lowest BCUT2D eigenvalue weighted by Gasteiger charge is -2.36. The van der Waals surface area contributed by atoms with Crippen LogP contribution in [0.2, 0.25) is 0 Å². The van der Waals surface area contributed by atoms with E-state index in [-0.39, 0.29) is 5.91 Å². The van der Waals surface area contributed by atoms with Crippen LogP contribution >= 0.6 is 0 Å². The Bertz CT molecular complexity index is 1220. The lowest BCUT2D eigenvalue weighted by Crippen LogP contribution is -2.50. The number of piperazine rings is 1. The number of hydrogen-bond donors (Lipinski definition) is 1. The fraction of sp³-hybridized carbons (Fsp3) is 0.483. The summed E-state index contributed by atoms with van der Waals surface area (Å²) in [5, 5.41) is 1.26. The Morgan fingerprint density at radius 1 is 0.944 bits per heavy atom. The second kappa shape index (κ2) is 10.5. The van der Waals surface area contributed by atoms with Crippen molar-refractivity contribution in [1.29, 1.82) is 0 Å². The summed E-state index contributed by atoms with van der Waals surface area (Å²) in [6.45, 7) is 8.49. The highest BCUT2D eigenvalue weighted by Gasteiger charge is 2.26. The molecule has 2 fully saturated rings. The van der Waals surface area contributed by atoms with E-state index in [4.69, 9.17) is 9.47 Å². The van der Waals surface area contributed by atoms with E-state index in [1.807, 2.05) is 12.1 Å². The van der Waals surface area contributed by atoms with E-state index in [0.29, 0.717) is 12.5 Å². The van der Waals surface area contributed by atoms with Gasteiger partial charge in [0.1, 0.15) is 0 Å². The van der Waals surface area contributed by atoms with Crippen molar-refractivity contribution < 1.29 is 14.3 Å². The van der Waals surface area contributed by atoms with Crippen LogP contribution in [-0.2, 0) is 4.79 Å². The number of fused-ring (bicyclic) bond motifs is 1. The zero-order valence-electron chi connectivity index (χ0n) is 22.0. The molecule has 36 heavy (non-hydrogen) atoms. The number of aromatic nitrogens is 1. The average Bonchev–Trinajstić information content (AvgIpc) is 3.25. The van der Waals surface area contributed by atoms with Gasteiger partial charge in [-0.2, -0.15) is 0 Å². The highest BCUT2D eigenvalue weighted by Crippen LogP contribution is 2.37. The van der Waals surface area contributed by atoms with E-state index in [1.54, 1.807) is 14.2 Å². The number of nitrogens with zero attached hydrogens (tertiary/aromatic N) is 3. The number of hydrogen-bond acceptors (Lipinski definition) is 5. The maximum Gasteiger partial charge on any atom is 0.236 e. The quantitative estimate of drug-likeness (QED) is 0.564. The first kappa shape index (κ1) is 24.7. The van der Waals surface area contributed by atoms with E-state index < -0.39 is 0 Å². The Morgan fingerprint density at radius 2 is 1.67 bits per heavy atom. The summed E-state index contributed by atoms with van der Waals surface area (Å²) in [4.78, 5) is 23.2. The van der Waals surface area contributed by atoms with Crippen LogP contribution in [0.15, 0.2) is 36.4 Å². The van der Waals surface area contributed by atoms with Gasteiger partial charge in [-0.05, 0) is 74.2 Å². The minimum absolute atomic E-state index is 0.287. The third-order valence-corrected chi connectivity index (χ3v) is 8.03. The van der Waals surface area contributed by atoms with Crippen LogP contribution in [0, 0.1) is 6.92 Å². The predicted octanol–water partition coefficient (Wildman–Crippen LogP) is 4.11. The number of likely N-dealkylation sites (tertiary alicyclic amines) is 1. The van der Waals surface area contributed by atoms with Crippen molar-refractivity contribution >= 4 is 16.8 Å². The molecule has 0 spiro atoms. The fourth-order valence-electron chi connectivity index (χ4n) is 5.64. The first-order valence-electron chi connectivity index (χ1n) is 13.0. The van der Waals surface area contributed by atoms with E-state index in [9.17, 15) is 4.79 Å². The average molecular weight is 491 g/mol. The maximum absolute atomic E-state index is 12.9. The van der Waals surface area contributed by atoms with Crippen LogP contribution in [0.3, 0.4) is 0 Å². The minimum Gasteiger partial charge on any atom is -0.493 e. The SMILES string of the molecule is COc1ccc(-c2[nH]c3ccc(C4CCN(C(=O)CN5CCN(C)CC5)CC4)cc3c2C)cc1OC. The van der Waals surface area contributed by atoms with Crippen LogP contribution in [-0.4, -0.2) is 92.7 Å². The van der Waals surface area contributed by atoms with Crippen LogP contribution in [0.25, 0.3) is 22.2 Å². The lowest BCUT2D eigenvalue weighted by molar-refractivity contribution is -0.133. The molecule has 3 aromatic rings. The number of carbonyl (C=O) groups excluding carboxylic acids is 1. The fourth-order valence-corrected chi connectivity index (χ4v) is 5.64. The second-order valence-corrected chi connectivity index (χ2v) is 10.2. The number of aryl methyl sites for hydroxylation is 1. The Kier molecular flexibility index (Phi) is 7.21. The zero-order valence-corrected chi connectivity index (χ0v) is 22.0. The van der Waals surface area contributed by atoms with Gasteiger partial charge >= 0.3 is 0 Å². The van der Waals surface area contributed by atoms with Crippen molar-refractivity contribution in [3.05, 3.63) is 47.5 Å². The molecule has 7 nitrogen and oxygen atoms in total. The summed E-state index contributed by atoms with van der Waals surface area (Å²) >= 11 is 0. The largest absolute Gasteiger partial charge is 0.493 e. The molecular weight excluding hydrogens is 452 g/mol. The molecule has 0 bridgehead atoms. The van der Waals surface area contributed by atoms with E-state index in [1.165, 1.54) is 16.5 Å². The highest BCUT2D eigenvalue weighted by molar-refractivity contribution is 5.91. The summed E-state index contributed by atoms with van der Waals surface area (Å²) in [6.07, 6.45) is 2.04. The Balaban J connectivity index is 1.27. The minimum atomic E-state index is 0.287. The van der Waals surface area contributed by atoms with E-state index >= 15 is 0 Å². The summed E-state index contributed by atoms with van der Waals surface area (Å²) in [6, 6.07) is 12.8. The lowest BCUT2D eigenvalue weighted by atomic mass is 9.88. The molecule has 2 saturated heterocycles. The standard InChI is InChI=1S/C29H38N4O3/c1-20-24-17-22(5-7-25(24)30-29(20)23-6-8-26(35-3)27(18-23)36-4)21-9-11-33(12-10-21)28(34)19-32-15-13-31(2)14-16-32/h5-8,17-18,21,30H,9-16,19H2,1-4H3. The maximum atomic E-state index is 12.9. The smallest absolute Gasteiger partial charge is 0.236 e. The Labute approximate surface area is 214 Å². The van der Waals surface area contributed by atoms with Crippen molar-refractivity contribution in [1.82, 2.24) is 19.7 Å². The summed E-state index contributed by atoms with van der Waals surface area (Å²) in [5.74, 6) is 2.23. The number of likely N-dealkylation sites (N-methyl/N-ethyl adjacent to an activating group) is 1. The molecule has 192 valence electrons. The molecule has 0 aliphatic carbocycles. The van der Waals surface area contributed by atoms with Gasteiger partial charge in [-0.1, -0.05) is 6.07 Å². The van der Waals surface area contributed by atoms with E-state index in [2.05, 4.69) is 57.9 Å². The van der Waals surface area contributed by atoms with Gasteiger partial charge in [0.25, 0.3) is 0 Å². The molecule has 0 saturated carbocycles. The van der Waals surface area contributed by atoms with Crippen LogP contribution in [0.4, 0.5) is 0 Å². The molecule has 2 aliphatic rings. The molecule has 1 amide bonds. The monoisotopic (exact) mass is 490 g/mol. The van der Waals surface area contributed by atoms with Crippen molar-refractivity contribution in [2.24, 2.45) is 0 Å². The number of H-pyrrole nitrogens is 1. The molecular formula is C29H38N4O3. The predicted molar refractivity (Wildman–Crippen MR) is 144 cm³/mol. The Hall–Kier alpha value is -3.03. The number of carbonyl (C=O) groups is 1. The molecule has 2 aliphatic heterocycles. The first-order chi connectivity index (χ1) is 17.5. The summed E-state index contributed by atoms with van der Waals surface area (Å²) in [7, 11) is 5.46. The number of nitrogens with one attached hydrogen (secondary N) is 1. The topological polar surface area (TPSA) is 61.0 Å². The van der Waals surface area contributed by atoms with E-state index in [0.717, 1.165) is 80.4 Å². The molecule has 3 heterocycles. The molecule has 1 N–H and O–H groups in total. The summed E-state index contributed by atoms with van der Waals surface area (Å²) < 4.78 is 10.9. The first-order valence-corrected chi connectivity index (χ1v) is 13.0. The van der Waals surface area contributed by atoms with Crippen LogP contribution in [0.1, 0.15) is 29.9 Å². The van der Waals surface area contributed by atoms with Crippen molar-refractivity contribution in [3.63, 3.8) is 0 Å². The number of amides is 1. The van der Waals surface area contributed by atoms with Gasteiger partial charge in [-0.15, -0.1) is 0 Å². The number of aromatic amines is 1. The van der Waals surface area contributed by atoms with Gasteiger partial charge in [-0.25, -0.2) is 0 Å². The third-order valence-electron chi connectivity index (χ3n) is 8.03. The number of methoxy groups -OCH3 is 2. The molecule has 7 heteroatoms. The van der Waals surface area contributed by atoms with Crippen LogP contribution < -0.4 is 9.47 Å². The van der Waals surface area contributed by atoms with Crippen molar-refractivity contribution in [3.8, 4) is 22.8 Å². The van der Waals surface area contributed by atoms with Gasteiger partial charge in [0.05, 0.1) is 20.8 Å². The van der Waals surface area contributed by atoms with Gasteiger partial charge in [-0.3, -0.25) is 9.69 Å². The van der Waals surface area contributed by atoms with Gasteiger partial charge in [0.15, 0.2) is 11.5 Å². The molecule has 0 unspecified atom stereocenters. The molecule has 0 atom stereocenters. The number of piperidine rings is 1. The van der Waals surface area contributed by atoms with Gasteiger partial charge < -0.3 is 24.3 Å². The highest BCUT2D eigenvalue weighted by atomic mass is 16.5. The molecule has 2 aromatic carbocycles. The molecule has 5 rings (SSSR count). The second-order valence-electron chi connectivity index (χ2n) is 10.2. The molecule has 0 radical (unpaired) electrons. The number of ether oxygens (including phenoxy) is 2.